The molecule has 4 heterocycles. The Hall–Kier alpha value is -6.60. The van der Waals surface area contributed by atoms with Crippen molar-refractivity contribution in [2.24, 2.45) is 5.92 Å². The van der Waals surface area contributed by atoms with Gasteiger partial charge in [-0.25, -0.2) is 14.8 Å². The van der Waals surface area contributed by atoms with Gasteiger partial charge < -0.3 is 29.8 Å². The number of ketones is 1. The van der Waals surface area contributed by atoms with Gasteiger partial charge in [0, 0.05) is 18.5 Å². The molecule has 3 N–H and O–H groups in total. The SMILES string of the molecule is C.COC(=O)N[C@H](C(=O)N1CC(=O)C[C@H]1c1ncc(-c2ccc(-c3ccc4cc(-c5cnc([C@@H]6CCCN6C(=O)[C@@H](c6ccccc6)N(C)C)[nH]5)ccc4c3)cc2)[nH]1)C(C)C. The number of nitrogens with one attached hydrogen (secondary N) is 3. The van der Waals surface area contributed by atoms with Crippen LogP contribution < -0.4 is 5.32 Å². The molecule has 2 aliphatic heterocycles. The topological polar surface area (TPSA) is 157 Å². The Morgan fingerprint density at radius 2 is 1.36 bits per heavy atom. The number of likely N-dealkylation sites (N-methyl/N-ethyl adjacent to an activating group) is 1. The molecule has 0 aliphatic carbocycles. The standard InChI is InChI=1S/C47H50N8O5.CH4/c1-28(2)41(52-47(59)60-5)45(57)55-27-36(56)24-40(55)44-49-25-37(50-44)30-15-13-29(14-16-30)32-17-18-34-23-35(20-19-33(34)22-32)38-26-48-43(51-38)39-12-9-21-54(39)46(58)42(53(3)4)31-10-7-6-8-11-31;/h6-8,10-11,13-20,22-23,25-26,28,39-42H,9,12,21,24,27H2,1-5H3,(H,48,51)(H,49,50)(H,52,59);1H4/t39-,40-,41-,42+;/m0./s1. The highest BCUT2D eigenvalue weighted by Crippen LogP contribution is 2.36. The summed E-state index contributed by atoms with van der Waals surface area (Å²) in [6, 6.07) is 29.0. The molecule has 0 unspecified atom stereocenters. The van der Waals surface area contributed by atoms with Gasteiger partial charge in [0.25, 0.3) is 0 Å². The molecule has 2 saturated heterocycles. The highest BCUT2D eigenvalue weighted by molar-refractivity contribution is 5.94. The molecule has 6 aromatic rings. The summed E-state index contributed by atoms with van der Waals surface area (Å²) in [5.41, 5.74) is 6.72. The van der Waals surface area contributed by atoms with E-state index >= 15 is 0 Å². The van der Waals surface area contributed by atoms with E-state index in [9.17, 15) is 19.2 Å². The minimum Gasteiger partial charge on any atom is -0.453 e. The van der Waals surface area contributed by atoms with Gasteiger partial charge in [-0.3, -0.25) is 19.3 Å². The molecule has 0 spiro atoms. The number of rotatable bonds is 11. The van der Waals surface area contributed by atoms with E-state index in [1.807, 2.05) is 86.4 Å². The summed E-state index contributed by atoms with van der Waals surface area (Å²) in [5, 5.41) is 4.82. The number of carbonyl (C=O) groups excluding carboxylic acids is 4. The van der Waals surface area contributed by atoms with Crippen molar-refractivity contribution in [3.63, 3.8) is 0 Å². The number of ether oxygens (including phenoxy) is 1. The van der Waals surface area contributed by atoms with Crippen LogP contribution >= 0.6 is 0 Å². The lowest BCUT2D eigenvalue weighted by Gasteiger charge is -2.31. The van der Waals surface area contributed by atoms with Crippen LogP contribution in [0, 0.1) is 5.92 Å². The van der Waals surface area contributed by atoms with E-state index in [2.05, 4.69) is 68.8 Å². The monoisotopic (exact) mass is 822 g/mol. The Kier molecular flexibility index (Phi) is 12.5. The van der Waals surface area contributed by atoms with Crippen LogP contribution in [0.15, 0.2) is 103 Å². The number of aromatic nitrogens is 4. The van der Waals surface area contributed by atoms with E-state index in [1.54, 1.807) is 6.20 Å². The number of carbonyl (C=O) groups is 4. The smallest absolute Gasteiger partial charge is 0.407 e. The van der Waals surface area contributed by atoms with Gasteiger partial charge in [-0.1, -0.05) is 100 Å². The summed E-state index contributed by atoms with van der Waals surface area (Å²) in [7, 11) is 5.14. The fourth-order valence-corrected chi connectivity index (χ4v) is 8.55. The molecule has 0 bridgehead atoms. The van der Waals surface area contributed by atoms with Gasteiger partial charge in [-0.05, 0) is 78.0 Å². The third kappa shape index (κ3) is 8.69. The van der Waals surface area contributed by atoms with Crippen LogP contribution in [-0.2, 0) is 19.1 Å². The van der Waals surface area contributed by atoms with Crippen LogP contribution in [0.2, 0.25) is 0 Å². The summed E-state index contributed by atoms with van der Waals surface area (Å²) >= 11 is 0. The number of Topliss-reactive ketones (excluding diaryl/α,β-unsaturated/α-hetero) is 1. The first-order valence-corrected chi connectivity index (χ1v) is 20.4. The molecule has 2 aromatic heterocycles. The molecule has 3 amide bonds. The highest BCUT2D eigenvalue weighted by atomic mass is 16.5. The van der Waals surface area contributed by atoms with Crippen LogP contribution in [0.25, 0.3) is 44.4 Å². The number of alkyl carbamates (subject to hydrolysis) is 1. The summed E-state index contributed by atoms with van der Waals surface area (Å²) in [5.74, 6) is 0.769. The quantitative estimate of drug-likeness (QED) is 0.118. The first-order chi connectivity index (χ1) is 29.0. The molecule has 0 radical (unpaired) electrons. The number of hydrogen-bond acceptors (Lipinski definition) is 8. The maximum atomic E-state index is 14.0. The van der Waals surface area contributed by atoms with E-state index in [0.717, 1.165) is 68.6 Å². The predicted molar refractivity (Wildman–Crippen MR) is 236 cm³/mol. The number of aromatic amines is 2. The van der Waals surface area contributed by atoms with Crippen LogP contribution in [0.4, 0.5) is 4.79 Å². The van der Waals surface area contributed by atoms with Crippen LogP contribution in [0.1, 0.15) is 75.9 Å². The van der Waals surface area contributed by atoms with Gasteiger partial charge in [-0.2, -0.15) is 0 Å². The fraction of sp³-hybridized carbons (Fsp3) is 0.333. The normalized spacial score (nSPS) is 17.5. The number of amides is 3. The van der Waals surface area contributed by atoms with Crippen molar-refractivity contribution in [2.45, 2.75) is 64.7 Å². The summed E-state index contributed by atoms with van der Waals surface area (Å²) in [6.45, 7) is 4.31. The molecular formula is C48H54N8O5. The van der Waals surface area contributed by atoms with Gasteiger partial charge in [-0.15, -0.1) is 0 Å². The van der Waals surface area contributed by atoms with Crippen molar-refractivity contribution < 1.29 is 23.9 Å². The second-order valence-electron chi connectivity index (χ2n) is 16.3. The molecule has 4 aromatic carbocycles. The van der Waals surface area contributed by atoms with Gasteiger partial charge in [0.15, 0.2) is 5.78 Å². The molecule has 61 heavy (non-hydrogen) atoms. The molecule has 4 atom stereocenters. The largest absolute Gasteiger partial charge is 0.453 e. The molecule has 13 nitrogen and oxygen atoms in total. The Balaban J connectivity index is 0.00000561. The van der Waals surface area contributed by atoms with Crippen molar-refractivity contribution >= 4 is 34.5 Å². The molecule has 2 fully saturated rings. The zero-order chi connectivity index (χ0) is 42.1. The van der Waals surface area contributed by atoms with E-state index in [-0.39, 0.29) is 56.0 Å². The third-order valence-electron chi connectivity index (χ3n) is 11.7. The Morgan fingerprint density at radius 3 is 2.00 bits per heavy atom. The summed E-state index contributed by atoms with van der Waals surface area (Å²) < 4.78 is 4.72. The Morgan fingerprint density at radius 1 is 0.770 bits per heavy atom. The van der Waals surface area contributed by atoms with Crippen LogP contribution in [0.3, 0.4) is 0 Å². The second kappa shape index (κ2) is 17.9. The average molecular weight is 823 g/mol. The fourth-order valence-electron chi connectivity index (χ4n) is 8.55. The van der Waals surface area contributed by atoms with E-state index in [4.69, 9.17) is 9.72 Å². The highest BCUT2D eigenvalue weighted by Gasteiger charge is 2.41. The van der Waals surface area contributed by atoms with Gasteiger partial charge >= 0.3 is 6.09 Å². The average Bonchev–Trinajstić information content (AvgIpc) is 4.09. The lowest BCUT2D eigenvalue weighted by Crippen LogP contribution is -2.51. The Bertz CT molecular complexity index is 2530. The second-order valence-corrected chi connectivity index (χ2v) is 16.3. The lowest BCUT2D eigenvalue weighted by atomic mass is 9.98. The van der Waals surface area contributed by atoms with Crippen LogP contribution in [-0.4, -0.2) is 98.7 Å². The predicted octanol–water partition coefficient (Wildman–Crippen LogP) is 8.11. The summed E-state index contributed by atoms with van der Waals surface area (Å²) in [6.07, 6.45) is 4.81. The van der Waals surface area contributed by atoms with Gasteiger partial charge in [0.05, 0.1) is 49.5 Å². The van der Waals surface area contributed by atoms with Crippen molar-refractivity contribution in [3.8, 4) is 33.6 Å². The maximum Gasteiger partial charge on any atom is 0.407 e. The number of imidazole rings is 2. The number of hydrogen-bond donors (Lipinski definition) is 3. The van der Waals surface area contributed by atoms with Crippen molar-refractivity contribution in [2.75, 3.05) is 34.3 Å². The molecule has 2 aliphatic rings. The van der Waals surface area contributed by atoms with Crippen LogP contribution in [0.5, 0.6) is 0 Å². The summed E-state index contributed by atoms with van der Waals surface area (Å²) in [4.78, 5) is 73.8. The van der Waals surface area contributed by atoms with Crippen molar-refractivity contribution in [1.82, 2.24) is 40.0 Å². The van der Waals surface area contributed by atoms with Gasteiger partial charge in [0.1, 0.15) is 23.7 Å². The zero-order valence-corrected chi connectivity index (χ0v) is 34.5. The number of methoxy groups -OCH3 is 1. The number of likely N-dealkylation sites (tertiary alicyclic amines) is 2. The molecule has 8 rings (SSSR count). The first kappa shape index (κ1) is 42.5. The minimum absolute atomic E-state index is 0. The molecule has 13 heteroatoms. The molecular weight excluding hydrogens is 769 g/mol. The van der Waals surface area contributed by atoms with Crippen molar-refractivity contribution in [3.05, 3.63) is 121 Å². The number of fused-ring (bicyclic) bond motifs is 1. The number of benzene rings is 4. The first-order valence-electron chi connectivity index (χ1n) is 20.4. The van der Waals surface area contributed by atoms with E-state index in [1.165, 1.54) is 12.0 Å². The number of nitrogens with zero attached hydrogens (tertiary/aromatic N) is 5. The maximum absolute atomic E-state index is 14.0. The zero-order valence-electron chi connectivity index (χ0n) is 34.5. The lowest BCUT2D eigenvalue weighted by molar-refractivity contribution is -0.137. The van der Waals surface area contributed by atoms with Gasteiger partial charge in [0.2, 0.25) is 11.8 Å². The molecule has 316 valence electrons. The van der Waals surface area contributed by atoms with Crippen molar-refractivity contribution in [1.29, 1.82) is 0 Å². The Labute approximate surface area is 356 Å². The van der Waals surface area contributed by atoms with E-state index < -0.39 is 18.2 Å². The molecule has 0 saturated carbocycles. The number of H-pyrrole nitrogens is 2. The minimum atomic E-state index is -0.843. The third-order valence-corrected chi connectivity index (χ3v) is 11.7. The van der Waals surface area contributed by atoms with E-state index in [0.29, 0.717) is 12.4 Å².